The van der Waals surface area contributed by atoms with Gasteiger partial charge >= 0.3 is 5.97 Å². The van der Waals surface area contributed by atoms with Crippen LogP contribution in [0.5, 0.6) is 0 Å². The highest BCUT2D eigenvalue weighted by atomic mass is 32.1. The molecule has 0 spiro atoms. The SMILES string of the molecule is COC(=O)c1sc2ccccc2c1NC(=O)c1cc2ccccc2o1. The molecular formula is C19H13NO4S. The maximum atomic E-state index is 12.6. The van der Waals surface area contributed by atoms with E-state index >= 15 is 0 Å². The fourth-order valence-corrected chi connectivity index (χ4v) is 3.75. The number of carbonyl (C=O) groups excluding carboxylic acids is 2. The van der Waals surface area contributed by atoms with Crippen LogP contribution in [0.25, 0.3) is 21.1 Å². The Morgan fingerprint density at radius 1 is 1.08 bits per heavy atom. The maximum Gasteiger partial charge on any atom is 0.350 e. The van der Waals surface area contributed by atoms with Crippen LogP contribution in [0.2, 0.25) is 0 Å². The van der Waals surface area contributed by atoms with Gasteiger partial charge in [-0.25, -0.2) is 4.79 Å². The van der Waals surface area contributed by atoms with E-state index in [0.717, 1.165) is 15.5 Å². The number of fused-ring (bicyclic) bond motifs is 2. The van der Waals surface area contributed by atoms with Crippen molar-refractivity contribution in [1.29, 1.82) is 0 Å². The number of esters is 1. The number of hydrogen-bond donors (Lipinski definition) is 1. The van der Waals surface area contributed by atoms with Gasteiger partial charge in [0, 0.05) is 15.5 Å². The second kappa shape index (κ2) is 6.07. The van der Waals surface area contributed by atoms with Crippen LogP contribution in [0.15, 0.2) is 59.0 Å². The molecule has 2 heterocycles. The summed E-state index contributed by atoms with van der Waals surface area (Å²) in [5.74, 6) is -0.710. The Labute approximate surface area is 146 Å². The molecule has 124 valence electrons. The number of benzene rings is 2. The minimum atomic E-state index is -0.485. The van der Waals surface area contributed by atoms with Crippen molar-refractivity contribution in [3.8, 4) is 0 Å². The molecule has 0 aliphatic rings. The van der Waals surface area contributed by atoms with Crippen molar-refractivity contribution in [3.63, 3.8) is 0 Å². The van der Waals surface area contributed by atoms with Gasteiger partial charge in [-0.15, -0.1) is 11.3 Å². The third kappa shape index (κ3) is 2.66. The highest BCUT2D eigenvalue weighted by Gasteiger charge is 2.22. The first-order valence-electron chi connectivity index (χ1n) is 7.57. The average Bonchev–Trinajstić information content (AvgIpc) is 3.23. The van der Waals surface area contributed by atoms with E-state index in [1.54, 1.807) is 12.1 Å². The van der Waals surface area contributed by atoms with Crippen molar-refractivity contribution >= 4 is 50.0 Å². The van der Waals surface area contributed by atoms with E-state index in [1.807, 2.05) is 42.5 Å². The smallest absolute Gasteiger partial charge is 0.350 e. The molecule has 1 N–H and O–H groups in total. The van der Waals surface area contributed by atoms with Crippen molar-refractivity contribution < 1.29 is 18.7 Å². The van der Waals surface area contributed by atoms with Gasteiger partial charge in [-0.05, 0) is 18.2 Å². The molecule has 4 rings (SSSR count). The second-order valence-corrected chi connectivity index (χ2v) is 6.45. The Kier molecular flexibility index (Phi) is 3.74. The number of thiophene rings is 1. The number of ether oxygens (including phenoxy) is 1. The third-order valence-electron chi connectivity index (χ3n) is 3.85. The summed E-state index contributed by atoms with van der Waals surface area (Å²) in [6, 6.07) is 16.5. The van der Waals surface area contributed by atoms with Gasteiger partial charge in [-0.1, -0.05) is 36.4 Å². The first-order chi connectivity index (χ1) is 12.2. The molecule has 0 unspecified atom stereocenters. The van der Waals surface area contributed by atoms with E-state index < -0.39 is 11.9 Å². The zero-order valence-electron chi connectivity index (χ0n) is 13.2. The largest absolute Gasteiger partial charge is 0.465 e. The minimum Gasteiger partial charge on any atom is -0.465 e. The number of anilines is 1. The van der Waals surface area contributed by atoms with E-state index in [1.165, 1.54) is 18.4 Å². The third-order valence-corrected chi connectivity index (χ3v) is 5.00. The molecule has 0 saturated carbocycles. The number of nitrogens with one attached hydrogen (secondary N) is 1. The summed E-state index contributed by atoms with van der Waals surface area (Å²) in [4.78, 5) is 25.1. The number of rotatable bonds is 3. The summed E-state index contributed by atoms with van der Waals surface area (Å²) in [6.07, 6.45) is 0. The molecule has 0 aliphatic carbocycles. The van der Waals surface area contributed by atoms with E-state index in [0.29, 0.717) is 16.1 Å². The summed E-state index contributed by atoms with van der Waals surface area (Å²) < 4.78 is 11.3. The second-order valence-electron chi connectivity index (χ2n) is 5.40. The normalized spacial score (nSPS) is 10.9. The average molecular weight is 351 g/mol. The number of carbonyl (C=O) groups is 2. The van der Waals surface area contributed by atoms with Crippen molar-refractivity contribution in [2.75, 3.05) is 12.4 Å². The van der Waals surface area contributed by atoms with Crippen LogP contribution >= 0.6 is 11.3 Å². The van der Waals surface area contributed by atoms with Crippen LogP contribution in [-0.2, 0) is 4.74 Å². The predicted molar refractivity (Wildman–Crippen MR) is 97.3 cm³/mol. The number of furan rings is 1. The topological polar surface area (TPSA) is 68.5 Å². The molecule has 0 saturated heterocycles. The zero-order chi connectivity index (χ0) is 17.4. The fourth-order valence-electron chi connectivity index (χ4n) is 2.67. The van der Waals surface area contributed by atoms with Gasteiger partial charge in [0.15, 0.2) is 5.76 Å². The van der Waals surface area contributed by atoms with Gasteiger partial charge in [-0.3, -0.25) is 4.79 Å². The summed E-state index contributed by atoms with van der Waals surface area (Å²) in [6.45, 7) is 0. The van der Waals surface area contributed by atoms with Crippen LogP contribution < -0.4 is 5.32 Å². The van der Waals surface area contributed by atoms with Gasteiger partial charge in [0.25, 0.3) is 5.91 Å². The van der Waals surface area contributed by atoms with Crippen molar-refractivity contribution in [2.45, 2.75) is 0 Å². The van der Waals surface area contributed by atoms with Gasteiger partial charge < -0.3 is 14.5 Å². The maximum absolute atomic E-state index is 12.6. The first kappa shape index (κ1) is 15.4. The summed E-state index contributed by atoms with van der Waals surface area (Å²) in [5, 5.41) is 4.44. The molecule has 25 heavy (non-hydrogen) atoms. The standard InChI is InChI=1S/C19H13NO4S/c1-23-19(22)17-16(12-7-3-5-9-15(12)25-17)20-18(21)14-10-11-6-2-4-8-13(11)24-14/h2-10H,1H3,(H,20,21). The van der Waals surface area contributed by atoms with Crippen LogP contribution in [0, 0.1) is 0 Å². The molecule has 4 aromatic rings. The molecular weight excluding hydrogens is 338 g/mol. The van der Waals surface area contributed by atoms with Gasteiger partial charge in [-0.2, -0.15) is 0 Å². The number of amides is 1. The number of methoxy groups -OCH3 is 1. The summed E-state index contributed by atoms with van der Waals surface area (Å²) in [7, 11) is 1.32. The van der Waals surface area contributed by atoms with Crippen LogP contribution in [0.3, 0.4) is 0 Å². The van der Waals surface area contributed by atoms with E-state index in [4.69, 9.17) is 9.15 Å². The monoisotopic (exact) mass is 351 g/mol. The van der Waals surface area contributed by atoms with Gasteiger partial charge in [0.1, 0.15) is 10.5 Å². The zero-order valence-corrected chi connectivity index (χ0v) is 14.1. The fraction of sp³-hybridized carbons (Fsp3) is 0.0526. The lowest BCUT2D eigenvalue weighted by Gasteiger charge is -2.05. The quantitative estimate of drug-likeness (QED) is 0.544. The van der Waals surface area contributed by atoms with Crippen molar-refractivity contribution in [3.05, 3.63) is 65.2 Å². The van der Waals surface area contributed by atoms with Crippen LogP contribution in [0.4, 0.5) is 5.69 Å². The summed E-state index contributed by atoms with van der Waals surface area (Å²) >= 11 is 1.28. The highest BCUT2D eigenvalue weighted by Crippen LogP contribution is 2.36. The van der Waals surface area contributed by atoms with Gasteiger partial charge in [0.2, 0.25) is 0 Å². The molecule has 1 amide bonds. The highest BCUT2D eigenvalue weighted by molar-refractivity contribution is 7.21. The molecule has 0 fully saturated rings. The Morgan fingerprint density at radius 3 is 2.64 bits per heavy atom. The number of para-hydroxylation sites is 1. The molecule has 6 heteroatoms. The lowest BCUT2D eigenvalue weighted by Crippen LogP contribution is -2.13. The Balaban J connectivity index is 1.76. The molecule has 0 atom stereocenters. The molecule has 2 aromatic carbocycles. The molecule has 5 nitrogen and oxygen atoms in total. The Morgan fingerprint density at radius 2 is 1.84 bits per heavy atom. The van der Waals surface area contributed by atoms with E-state index in [-0.39, 0.29) is 5.76 Å². The number of hydrogen-bond acceptors (Lipinski definition) is 5. The van der Waals surface area contributed by atoms with Crippen molar-refractivity contribution in [1.82, 2.24) is 0 Å². The van der Waals surface area contributed by atoms with Crippen LogP contribution in [-0.4, -0.2) is 19.0 Å². The van der Waals surface area contributed by atoms with Crippen molar-refractivity contribution in [2.24, 2.45) is 0 Å². The molecule has 0 bridgehead atoms. The minimum absolute atomic E-state index is 0.187. The van der Waals surface area contributed by atoms with Crippen LogP contribution in [0.1, 0.15) is 20.2 Å². The van der Waals surface area contributed by atoms with Gasteiger partial charge in [0.05, 0.1) is 12.8 Å². The molecule has 2 aromatic heterocycles. The Hall–Kier alpha value is -3.12. The van der Waals surface area contributed by atoms with E-state index in [2.05, 4.69) is 5.32 Å². The summed E-state index contributed by atoms with van der Waals surface area (Å²) in [5.41, 5.74) is 1.08. The lowest BCUT2D eigenvalue weighted by molar-refractivity contribution is 0.0607. The van der Waals surface area contributed by atoms with E-state index in [9.17, 15) is 9.59 Å². The predicted octanol–water partition coefficient (Wildman–Crippen LogP) is 4.69. The molecule has 0 aliphatic heterocycles. The first-order valence-corrected chi connectivity index (χ1v) is 8.39. The molecule has 0 radical (unpaired) electrons. The lowest BCUT2D eigenvalue weighted by atomic mass is 10.2. The Bertz CT molecular complexity index is 1080.